The van der Waals surface area contributed by atoms with E-state index in [0.717, 1.165) is 0 Å². The molecule has 1 aliphatic heterocycles. The van der Waals surface area contributed by atoms with Crippen LogP contribution in [-0.2, 0) is 20.8 Å². The van der Waals surface area contributed by atoms with Gasteiger partial charge in [-0.3, -0.25) is 9.48 Å². The first kappa shape index (κ1) is 18.7. The van der Waals surface area contributed by atoms with E-state index in [1.54, 1.807) is 23.1 Å². The monoisotopic (exact) mass is 353 g/mol. The summed E-state index contributed by atoms with van der Waals surface area (Å²) in [7, 11) is 0. The summed E-state index contributed by atoms with van der Waals surface area (Å²) in [5.74, 6) is -4.79. The average Bonchev–Trinajstić information content (AvgIpc) is 2.91. The molecular weight excluding hydrogens is 334 g/mol. The van der Waals surface area contributed by atoms with Gasteiger partial charge in [-0.2, -0.15) is 13.9 Å². The van der Waals surface area contributed by atoms with Crippen LogP contribution >= 0.6 is 0 Å². The average molecular weight is 353 g/mol. The van der Waals surface area contributed by atoms with Crippen LogP contribution in [-0.4, -0.2) is 71.9 Å². The number of alkyl halides is 4. The third-order valence-electron chi connectivity index (χ3n) is 3.49. The second kappa shape index (κ2) is 8.43. The molecule has 0 radical (unpaired) electrons. The standard InChI is InChI=1S/C14H19F4N3O3/c15-13(16)14(17,18)10-23-9-12(22)20-4-2-6-24-11(7-20)8-21-5-1-3-19-21/h1,3,5,11,13H,2,4,6-10H2/t11-/m1/s1. The summed E-state index contributed by atoms with van der Waals surface area (Å²) < 4.78 is 61.3. The molecule has 0 unspecified atom stereocenters. The Kier molecular flexibility index (Phi) is 6.55. The molecule has 2 rings (SSSR count). The zero-order valence-corrected chi connectivity index (χ0v) is 12.9. The molecule has 0 saturated carbocycles. The van der Waals surface area contributed by atoms with Crippen molar-refractivity contribution in [3.63, 3.8) is 0 Å². The van der Waals surface area contributed by atoms with Gasteiger partial charge in [0.1, 0.15) is 13.2 Å². The van der Waals surface area contributed by atoms with Crippen LogP contribution in [0, 0.1) is 0 Å². The molecule has 0 aromatic carbocycles. The normalized spacial score (nSPS) is 19.5. The van der Waals surface area contributed by atoms with E-state index in [0.29, 0.717) is 26.1 Å². The second-order valence-corrected chi connectivity index (χ2v) is 5.47. The number of hydrogen-bond donors (Lipinski definition) is 0. The summed E-state index contributed by atoms with van der Waals surface area (Å²) in [6.45, 7) is -0.605. The number of rotatable bonds is 7. The summed E-state index contributed by atoms with van der Waals surface area (Å²) in [6, 6.07) is 1.76. The SMILES string of the molecule is O=C(COCC(F)(F)C(F)F)N1CCCO[C@@H](Cn2cccn2)C1. The first-order valence-electron chi connectivity index (χ1n) is 7.49. The maximum atomic E-state index is 12.7. The van der Waals surface area contributed by atoms with Crippen LogP contribution in [0.2, 0.25) is 0 Å². The van der Waals surface area contributed by atoms with Crippen LogP contribution in [0.5, 0.6) is 0 Å². The number of carbonyl (C=O) groups excluding carboxylic acids is 1. The summed E-state index contributed by atoms with van der Waals surface area (Å²) >= 11 is 0. The largest absolute Gasteiger partial charge is 0.374 e. The molecule has 1 aromatic heterocycles. The molecular formula is C14H19F4N3O3. The van der Waals surface area contributed by atoms with Gasteiger partial charge in [-0.15, -0.1) is 0 Å². The van der Waals surface area contributed by atoms with E-state index in [-0.39, 0.29) is 12.6 Å². The lowest BCUT2D eigenvalue weighted by Gasteiger charge is -2.24. The molecule has 1 fully saturated rings. The molecule has 0 bridgehead atoms. The number of hydrogen-bond acceptors (Lipinski definition) is 4. The van der Waals surface area contributed by atoms with Crippen LogP contribution < -0.4 is 0 Å². The smallest absolute Gasteiger partial charge is 0.330 e. The Morgan fingerprint density at radius 3 is 2.92 bits per heavy atom. The van der Waals surface area contributed by atoms with Crippen molar-refractivity contribution >= 4 is 5.91 Å². The summed E-state index contributed by atoms with van der Waals surface area (Å²) in [5, 5.41) is 4.06. The van der Waals surface area contributed by atoms with Gasteiger partial charge in [0.25, 0.3) is 0 Å². The lowest BCUT2D eigenvalue weighted by atomic mass is 10.3. The van der Waals surface area contributed by atoms with Gasteiger partial charge in [0.05, 0.1) is 12.6 Å². The third-order valence-corrected chi connectivity index (χ3v) is 3.49. The quantitative estimate of drug-likeness (QED) is 0.696. The molecule has 10 heteroatoms. The molecule has 24 heavy (non-hydrogen) atoms. The molecule has 1 aliphatic rings. The maximum Gasteiger partial charge on any atom is 0.330 e. The third kappa shape index (κ3) is 5.45. The van der Waals surface area contributed by atoms with Crippen LogP contribution in [0.15, 0.2) is 18.5 Å². The van der Waals surface area contributed by atoms with Crippen molar-refractivity contribution in [2.45, 2.75) is 31.4 Å². The van der Waals surface area contributed by atoms with E-state index >= 15 is 0 Å². The Morgan fingerprint density at radius 2 is 2.25 bits per heavy atom. The highest BCUT2D eigenvalue weighted by Gasteiger charge is 2.41. The zero-order chi connectivity index (χ0) is 17.6. The van der Waals surface area contributed by atoms with E-state index in [4.69, 9.17) is 4.74 Å². The van der Waals surface area contributed by atoms with Gasteiger partial charge < -0.3 is 14.4 Å². The molecule has 0 aliphatic carbocycles. The van der Waals surface area contributed by atoms with Crippen molar-refractivity contribution in [2.24, 2.45) is 0 Å². The summed E-state index contributed by atoms with van der Waals surface area (Å²) in [5.41, 5.74) is 0. The minimum atomic E-state index is -4.26. The van der Waals surface area contributed by atoms with Crippen molar-refractivity contribution < 1.29 is 31.8 Å². The minimum absolute atomic E-state index is 0.257. The van der Waals surface area contributed by atoms with E-state index in [1.807, 2.05) is 0 Å². The van der Waals surface area contributed by atoms with E-state index in [2.05, 4.69) is 9.84 Å². The molecule has 0 spiro atoms. The van der Waals surface area contributed by atoms with E-state index in [1.165, 1.54) is 4.90 Å². The van der Waals surface area contributed by atoms with Gasteiger partial charge in [0.2, 0.25) is 5.91 Å². The van der Waals surface area contributed by atoms with Crippen molar-refractivity contribution in [3.05, 3.63) is 18.5 Å². The van der Waals surface area contributed by atoms with Crippen molar-refractivity contribution in [1.82, 2.24) is 14.7 Å². The Labute approximate surface area is 136 Å². The highest BCUT2D eigenvalue weighted by atomic mass is 19.3. The molecule has 6 nitrogen and oxygen atoms in total. The number of halogens is 4. The first-order valence-corrected chi connectivity index (χ1v) is 7.49. The Morgan fingerprint density at radius 1 is 1.46 bits per heavy atom. The lowest BCUT2D eigenvalue weighted by Crippen LogP contribution is -2.41. The summed E-state index contributed by atoms with van der Waals surface area (Å²) in [4.78, 5) is 13.5. The molecule has 2 heterocycles. The van der Waals surface area contributed by atoms with Crippen molar-refractivity contribution in [1.29, 1.82) is 0 Å². The van der Waals surface area contributed by atoms with Crippen LogP contribution in [0.3, 0.4) is 0 Å². The number of aromatic nitrogens is 2. The fraction of sp³-hybridized carbons (Fsp3) is 0.714. The molecule has 1 atom stereocenters. The van der Waals surface area contributed by atoms with Crippen LogP contribution in [0.25, 0.3) is 0 Å². The topological polar surface area (TPSA) is 56.6 Å². The van der Waals surface area contributed by atoms with Gasteiger partial charge >= 0.3 is 12.3 Å². The Balaban J connectivity index is 1.81. The van der Waals surface area contributed by atoms with Crippen LogP contribution in [0.4, 0.5) is 17.6 Å². The van der Waals surface area contributed by atoms with Gasteiger partial charge in [-0.1, -0.05) is 0 Å². The van der Waals surface area contributed by atoms with Crippen molar-refractivity contribution in [3.8, 4) is 0 Å². The van der Waals surface area contributed by atoms with E-state index in [9.17, 15) is 22.4 Å². The molecule has 1 amide bonds. The van der Waals surface area contributed by atoms with Crippen molar-refractivity contribution in [2.75, 3.05) is 32.9 Å². The maximum absolute atomic E-state index is 12.7. The molecule has 1 aromatic rings. The predicted molar refractivity (Wildman–Crippen MR) is 74.9 cm³/mol. The fourth-order valence-corrected chi connectivity index (χ4v) is 2.28. The van der Waals surface area contributed by atoms with E-state index < -0.39 is 31.5 Å². The minimum Gasteiger partial charge on any atom is -0.374 e. The highest BCUT2D eigenvalue weighted by Crippen LogP contribution is 2.22. The lowest BCUT2D eigenvalue weighted by molar-refractivity contribution is -0.171. The van der Waals surface area contributed by atoms with Crippen LogP contribution in [0.1, 0.15) is 6.42 Å². The zero-order valence-electron chi connectivity index (χ0n) is 12.9. The van der Waals surface area contributed by atoms with Gasteiger partial charge in [-0.05, 0) is 12.5 Å². The second-order valence-electron chi connectivity index (χ2n) is 5.47. The number of carbonyl (C=O) groups is 1. The molecule has 1 saturated heterocycles. The first-order chi connectivity index (χ1) is 11.4. The fourth-order valence-electron chi connectivity index (χ4n) is 2.28. The molecule has 136 valence electrons. The Bertz CT molecular complexity index is 513. The number of amides is 1. The van der Waals surface area contributed by atoms with Gasteiger partial charge in [-0.25, -0.2) is 8.78 Å². The highest BCUT2D eigenvalue weighted by molar-refractivity contribution is 5.77. The number of nitrogens with zero attached hydrogens (tertiary/aromatic N) is 3. The number of ether oxygens (including phenoxy) is 2. The molecule has 0 N–H and O–H groups in total. The summed E-state index contributed by atoms with van der Waals surface area (Å²) in [6.07, 6.45) is -0.141. The van der Waals surface area contributed by atoms with Gasteiger partial charge in [0.15, 0.2) is 0 Å². The predicted octanol–water partition coefficient (Wildman–Crippen LogP) is 1.42. The van der Waals surface area contributed by atoms with Gasteiger partial charge in [0, 0.05) is 32.1 Å². The Hall–Kier alpha value is -1.68.